The largest absolute Gasteiger partial charge is 0.467 e. The Bertz CT molecular complexity index is 975. The van der Waals surface area contributed by atoms with Gasteiger partial charge in [-0.25, -0.2) is 22.7 Å². The fourth-order valence-electron chi connectivity index (χ4n) is 2.57. The first-order chi connectivity index (χ1) is 14.8. The lowest BCUT2D eigenvalue weighted by molar-refractivity contribution is -0.166. The summed E-state index contributed by atoms with van der Waals surface area (Å²) in [5.41, 5.74) is 0.739. The molecule has 0 aliphatic carbocycles. The van der Waals surface area contributed by atoms with Gasteiger partial charge in [-0.15, -0.1) is 0 Å². The normalized spacial score (nSPS) is 11.2. The van der Waals surface area contributed by atoms with Crippen LogP contribution in [-0.4, -0.2) is 46.2 Å². The number of carbonyl (C=O) groups excluding carboxylic acids is 2. The highest BCUT2D eigenvalue weighted by Crippen LogP contribution is 2.17. The number of hydrogen-bond acceptors (Lipinski definition) is 7. The summed E-state index contributed by atoms with van der Waals surface area (Å²) in [7, 11) is -3.67. The average Bonchev–Trinajstić information content (AvgIpc) is 2.73. The Hall–Kier alpha value is -2.62. The average molecular weight is 470 g/mol. The maximum atomic E-state index is 12.3. The molecule has 0 amide bonds. The number of carbonyl (C=O) groups is 2. The first kappa shape index (κ1) is 24.6. The predicted molar refractivity (Wildman–Crippen MR) is 114 cm³/mol. The van der Waals surface area contributed by atoms with Gasteiger partial charge in [0.2, 0.25) is 10.0 Å². The number of benzene rings is 2. The van der Waals surface area contributed by atoms with Crippen molar-refractivity contribution in [2.24, 2.45) is 0 Å². The van der Waals surface area contributed by atoms with E-state index in [0.29, 0.717) is 11.4 Å². The van der Waals surface area contributed by atoms with Crippen LogP contribution in [0.2, 0.25) is 5.02 Å². The van der Waals surface area contributed by atoms with E-state index in [4.69, 9.17) is 25.8 Å². The van der Waals surface area contributed by atoms with Gasteiger partial charge in [-0.3, -0.25) is 0 Å². The van der Waals surface area contributed by atoms with Gasteiger partial charge in [-0.1, -0.05) is 23.7 Å². The molecule has 0 heterocycles. The van der Waals surface area contributed by atoms with Gasteiger partial charge < -0.3 is 14.2 Å². The second kappa shape index (κ2) is 11.7. The molecule has 1 N–H and O–H groups in total. The molecule has 0 saturated carbocycles. The van der Waals surface area contributed by atoms with E-state index in [1.165, 1.54) is 24.3 Å². The van der Waals surface area contributed by atoms with Crippen molar-refractivity contribution in [2.45, 2.75) is 31.3 Å². The van der Waals surface area contributed by atoms with Gasteiger partial charge >= 0.3 is 11.9 Å². The van der Waals surface area contributed by atoms with Crippen molar-refractivity contribution in [1.29, 1.82) is 0 Å². The minimum Gasteiger partial charge on any atom is -0.467 e. The minimum atomic E-state index is -3.67. The second-order valence-electron chi connectivity index (χ2n) is 6.25. The van der Waals surface area contributed by atoms with Crippen LogP contribution >= 0.6 is 11.6 Å². The van der Waals surface area contributed by atoms with Crippen LogP contribution in [0.15, 0.2) is 53.4 Å². The number of hydrogen-bond donors (Lipinski definition) is 1. The molecule has 0 aromatic heterocycles. The van der Waals surface area contributed by atoms with Crippen molar-refractivity contribution in [3.63, 3.8) is 0 Å². The summed E-state index contributed by atoms with van der Waals surface area (Å²) < 4.78 is 42.5. The summed E-state index contributed by atoms with van der Waals surface area (Å²) >= 11 is 5.79. The molecule has 0 atom stereocenters. The number of nitrogens with one attached hydrogen (secondary N) is 1. The highest BCUT2D eigenvalue weighted by atomic mass is 35.5. The number of ether oxygens (including phenoxy) is 3. The van der Waals surface area contributed by atoms with Crippen LogP contribution in [0.3, 0.4) is 0 Å². The predicted octanol–water partition coefficient (Wildman–Crippen LogP) is 2.73. The molecular weight excluding hydrogens is 446 g/mol. The maximum Gasteiger partial charge on any atom is 0.359 e. The van der Waals surface area contributed by atoms with Crippen molar-refractivity contribution in [1.82, 2.24) is 4.72 Å². The van der Waals surface area contributed by atoms with Gasteiger partial charge in [0, 0.05) is 11.6 Å². The third-order valence-corrected chi connectivity index (χ3v) is 5.71. The van der Waals surface area contributed by atoms with Gasteiger partial charge in [0.1, 0.15) is 5.75 Å². The molecule has 0 unspecified atom stereocenters. The Kier molecular flexibility index (Phi) is 9.29. The number of esters is 2. The van der Waals surface area contributed by atoms with Gasteiger partial charge in [-0.05, 0) is 62.2 Å². The molecule has 2 aromatic carbocycles. The molecule has 0 spiro atoms. The smallest absolute Gasteiger partial charge is 0.359 e. The van der Waals surface area contributed by atoms with E-state index in [9.17, 15) is 18.0 Å². The zero-order valence-electron chi connectivity index (χ0n) is 17.2. The highest BCUT2D eigenvalue weighted by molar-refractivity contribution is 7.89. The molecule has 0 fully saturated rings. The molecule has 0 radical (unpaired) electrons. The molecule has 0 saturated heterocycles. The van der Waals surface area contributed by atoms with Crippen LogP contribution in [0.25, 0.3) is 0 Å². The van der Waals surface area contributed by atoms with Crippen molar-refractivity contribution in [3.05, 3.63) is 59.1 Å². The molecule has 2 rings (SSSR count). The van der Waals surface area contributed by atoms with Crippen LogP contribution in [-0.2, 0) is 35.5 Å². The Balaban J connectivity index is 2.02. The SMILES string of the molecule is CCOC(=O)C(Oc1cccc(CCNS(=O)(=O)c2ccc(Cl)cc2)c1)C(=O)OCC. The van der Waals surface area contributed by atoms with Crippen LogP contribution in [0.1, 0.15) is 19.4 Å². The number of sulfonamides is 1. The van der Waals surface area contributed by atoms with Crippen LogP contribution in [0, 0.1) is 0 Å². The summed E-state index contributed by atoms with van der Waals surface area (Å²) in [5, 5.41) is 0.444. The van der Waals surface area contributed by atoms with Gasteiger partial charge in [0.15, 0.2) is 0 Å². The Morgan fingerprint density at radius 2 is 1.61 bits per heavy atom. The molecular formula is C21H24ClNO7S. The van der Waals surface area contributed by atoms with Crippen molar-refractivity contribution >= 4 is 33.6 Å². The molecule has 2 aromatic rings. The van der Waals surface area contributed by atoms with E-state index in [-0.39, 0.29) is 30.4 Å². The molecule has 0 bridgehead atoms. The number of halogens is 1. The monoisotopic (exact) mass is 469 g/mol. The van der Waals surface area contributed by atoms with E-state index in [1.807, 2.05) is 0 Å². The topological polar surface area (TPSA) is 108 Å². The first-order valence-corrected chi connectivity index (χ1v) is 11.5. The number of rotatable bonds is 11. The second-order valence-corrected chi connectivity index (χ2v) is 8.45. The lowest BCUT2D eigenvalue weighted by Gasteiger charge is -2.16. The fraction of sp³-hybridized carbons (Fsp3) is 0.333. The van der Waals surface area contributed by atoms with Gasteiger partial charge in [0.05, 0.1) is 18.1 Å². The van der Waals surface area contributed by atoms with Crippen molar-refractivity contribution in [3.8, 4) is 5.75 Å². The molecule has 168 valence electrons. The Morgan fingerprint density at radius 1 is 1.00 bits per heavy atom. The van der Waals surface area contributed by atoms with E-state index >= 15 is 0 Å². The Labute approximate surface area is 186 Å². The fourth-order valence-corrected chi connectivity index (χ4v) is 3.72. The molecule has 10 heteroatoms. The summed E-state index contributed by atoms with van der Waals surface area (Å²) in [6.45, 7) is 3.54. The maximum absolute atomic E-state index is 12.3. The minimum absolute atomic E-state index is 0.0892. The quantitative estimate of drug-likeness (QED) is 0.398. The van der Waals surface area contributed by atoms with E-state index in [0.717, 1.165) is 5.56 Å². The van der Waals surface area contributed by atoms with E-state index < -0.39 is 28.1 Å². The third-order valence-electron chi connectivity index (χ3n) is 3.98. The zero-order valence-corrected chi connectivity index (χ0v) is 18.7. The van der Waals surface area contributed by atoms with Crippen LogP contribution in [0.4, 0.5) is 0 Å². The summed E-state index contributed by atoms with van der Waals surface area (Å²) in [4.78, 5) is 24.2. The van der Waals surface area contributed by atoms with Crippen LogP contribution < -0.4 is 9.46 Å². The molecule has 31 heavy (non-hydrogen) atoms. The highest BCUT2D eigenvalue weighted by Gasteiger charge is 2.32. The summed E-state index contributed by atoms with van der Waals surface area (Å²) in [6.07, 6.45) is -1.19. The summed E-state index contributed by atoms with van der Waals surface area (Å²) in [6, 6.07) is 12.5. The molecule has 0 aliphatic rings. The van der Waals surface area contributed by atoms with Gasteiger partial charge in [-0.2, -0.15) is 0 Å². The molecule has 8 nitrogen and oxygen atoms in total. The lowest BCUT2D eigenvalue weighted by Crippen LogP contribution is -2.38. The standard InChI is InChI=1S/C21H24ClNO7S/c1-3-28-20(24)19(21(25)29-4-2)30-17-7-5-6-15(14-17)12-13-23-31(26,27)18-10-8-16(22)9-11-18/h5-11,14,19,23H,3-4,12-13H2,1-2H3. The van der Waals surface area contributed by atoms with E-state index in [1.54, 1.807) is 38.1 Å². The summed E-state index contributed by atoms with van der Waals surface area (Å²) in [5.74, 6) is -1.44. The van der Waals surface area contributed by atoms with E-state index in [2.05, 4.69) is 4.72 Å². The molecule has 0 aliphatic heterocycles. The van der Waals surface area contributed by atoms with Crippen molar-refractivity contribution < 1.29 is 32.2 Å². The zero-order chi connectivity index (χ0) is 22.9. The third kappa shape index (κ3) is 7.54. The van der Waals surface area contributed by atoms with Gasteiger partial charge in [0.25, 0.3) is 6.10 Å². The first-order valence-electron chi connectivity index (χ1n) is 9.61. The lowest BCUT2D eigenvalue weighted by atomic mass is 10.1. The van der Waals surface area contributed by atoms with Crippen LogP contribution in [0.5, 0.6) is 5.75 Å². The Morgan fingerprint density at radius 3 is 2.19 bits per heavy atom. The van der Waals surface area contributed by atoms with Crippen molar-refractivity contribution in [2.75, 3.05) is 19.8 Å².